The Bertz CT molecular complexity index is 386. The smallest absolute Gasteiger partial charge is 0.369 e. The molecule has 0 aromatic carbocycles. The fraction of sp³-hybridized carbons (Fsp3) is 0.800. The van der Waals surface area contributed by atoms with Crippen molar-refractivity contribution in [2.75, 3.05) is 32.7 Å². The number of primary amides is 1. The maximum Gasteiger partial charge on any atom is 0.463 e. The monoisotopic (exact) mass is 303 g/mol. The minimum Gasteiger partial charge on any atom is -0.369 e. The van der Waals surface area contributed by atoms with Gasteiger partial charge in [-0.25, -0.2) is 0 Å². The molecule has 0 radical (unpaired) electrons. The minimum atomic E-state index is -5.91. The van der Waals surface area contributed by atoms with E-state index >= 15 is 0 Å². The lowest BCUT2D eigenvalue weighted by atomic mass is 10.2. The molecule has 0 bridgehead atoms. The Hall–Kier alpha value is -1.45. The van der Waals surface area contributed by atoms with Crippen LogP contribution in [0.1, 0.15) is 6.42 Å². The standard InChI is InChI=1S/C10H14F5N3O2/c11-9(12,10(13,14)15)8(20)18-3-1-2-17(4-5-18)6-7(16)19/h1-6H2,(H2,16,19). The van der Waals surface area contributed by atoms with Gasteiger partial charge < -0.3 is 10.6 Å². The minimum absolute atomic E-state index is 0.0165. The number of alkyl halides is 5. The first-order valence-electron chi connectivity index (χ1n) is 5.80. The van der Waals surface area contributed by atoms with E-state index in [1.807, 2.05) is 0 Å². The molecule has 0 saturated carbocycles. The van der Waals surface area contributed by atoms with Gasteiger partial charge in [0.2, 0.25) is 5.91 Å². The first kappa shape index (κ1) is 16.6. The molecule has 0 aliphatic carbocycles. The number of hydrogen-bond acceptors (Lipinski definition) is 3. The second kappa shape index (κ2) is 5.90. The van der Waals surface area contributed by atoms with Crippen LogP contribution in [0.3, 0.4) is 0 Å². The van der Waals surface area contributed by atoms with Crippen LogP contribution in [-0.4, -0.2) is 66.4 Å². The van der Waals surface area contributed by atoms with Crippen LogP contribution in [0.25, 0.3) is 0 Å². The summed E-state index contributed by atoms with van der Waals surface area (Å²) in [5.41, 5.74) is 4.97. The lowest BCUT2D eigenvalue weighted by Gasteiger charge is -2.27. The van der Waals surface area contributed by atoms with Crippen LogP contribution in [0.15, 0.2) is 0 Å². The maximum absolute atomic E-state index is 12.9. The third-order valence-electron chi connectivity index (χ3n) is 2.88. The molecule has 0 unspecified atom stereocenters. The van der Waals surface area contributed by atoms with Crippen molar-refractivity contribution in [1.82, 2.24) is 9.80 Å². The van der Waals surface area contributed by atoms with E-state index in [1.165, 1.54) is 4.90 Å². The van der Waals surface area contributed by atoms with Crippen molar-refractivity contribution in [2.45, 2.75) is 18.5 Å². The van der Waals surface area contributed by atoms with Crippen LogP contribution in [0.2, 0.25) is 0 Å². The molecule has 10 heteroatoms. The second-order valence-electron chi connectivity index (χ2n) is 4.46. The maximum atomic E-state index is 12.9. The summed E-state index contributed by atoms with van der Waals surface area (Å²) >= 11 is 0. The van der Waals surface area contributed by atoms with E-state index in [0.717, 1.165) is 0 Å². The van der Waals surface area contributed by atoms with Crippen molar-refractivity contribution in [2.24, 2.45) is 5.73 Å². The molecule has 20 heavy (non-hydrogen) atoms. The summed E-state index contributed by atoms with van der Waals surface area (Å²) in [5.74, 6) is -8.29. The van der Waals surface area contributed by atoms with E-state index in [2.05, 4.69) is 0 Å². The molecule has 0 aromatic rings. The average Bonchev–Trinajstić information content (AvgIpc) is 2.51. The zero-order valence-corrected chi connectivity index (χ0v) is 10.4. The molecule has 1 aliphatic rings. The second-order valence-corrected chi connectivity index (χ2v) is 4.46. The zero-order valence-electron chi connectivity index (χ0n) is 10.4. The topological polar surface area (TPSA) is 66.6 Å². The lowest BCUT2D eigenvalue weighted by molar-refractivity contribution is -0.274. The van der Waals surface area contributed by atoms with E-state index in [0.29, 0.717) is 11.4 Å². The fourth-order valence-electron chi connectivity index (χ4n) is 1.87. The summed E-state index contributed by atoms with van der Waals surface area (Å²) in [6, 6.07) is 0. The number of amides is 2. The van der Waals surface area contributed by atoms with Crippen molar-refractivity contribution in [1.29, 1.82) is 0 Å². The van der Waals surface area contributed by atoms with Gasteiger partial charge in [-0.2, -0.15) is 22.0 Å². The van der Waals surface area contributed by atoms with Gasteiger partial charge in [0.1, 0.15) is 0 Å². The number of carbonyl (C=O) groups is 2. The molecule has 5 nitrogen and oxygen atoms in total. The Morgan fingerprint density at radius 2 is 1.60 bits per heavy atom. The molecular weight excluding hydrogens is 289 g/mol. The molecule has 0 atom stereocenters. The number of halogens is 5. The van der Waals surface area contributed by atoms with Crippen molar-refractivity contribution >= 4 is 11.8 Å². The average molecular weight is 303 g/mol. The first-order chi connectivity index (χ1) is 9.05. The summed E-state index contributed by atoms with van der Waals surface area (Å²) in [4.78, 5) is 24.0. The highest BCUT2D eigenvalue weighted by atomic mass is 19.4. The fourth-order valence-corrected chi connectivity index (χ4v) is 1.87. The van der Waals surface area contributed by atoms with Crippen molar-refractivity contribution in [3.8, 4) is 0 Å². The van der Waals surface area contributed by atoms with Gasteiger partial charge in [-0.05, 0) is 6.42 Å². The number of nitrogens with two attached hydrogens (primary N) is 1. The zero-order chi connectivity index (χ0) is 15.6. The predicted octanol–water partition coefficient (Wildman–Crippen LogP) is 0.204. The molecule has 1 heterocycles. The first-order valence-corrected chi connectivity index (χ1v) is 5.80. The van der Waals surface area contributed by atoms with Crippen LogP contribution in [0.4, 0.5) is 22.0 Å². The van der Waals surface area contributed by atoms with Crippen LogP contribution < -0.4 is 5.73 Å². The van der Waals surface area contributed by atoms with Crippen LogP contribution in [0, 0.1) is 0 Å². The molecule has 2 N–H and O–H groups in total. The van der Waals surface area contributed by atoms with Gasteiger partial charge in [0.25, 0.3) is 0 Å². The van der Waals surface area contributed by atoms with E-state index in [9.17, 15) is 31.5 Å². The molecule has 1 saturated heterocycles. The van der Waals surface area contributed by atoms with Crippen LogP contribution in [-0.2, 0) is 9.59 Å². The molecular formula is C10H14F5N3O2. The third-order valence-corrected chi connectivity index (χ3v) is 2.88. The Labute approximate surface area is 111 Å². The van der Waals surface area contributed by atoms with Gasteiger partial charge in [0.05, 0.1) is 6.54 Å². The number of rotatable bonds is 3. The Morgan fingerprint density at radius 3 is 2.10 bits per heavy atom. The summed E-state index contributed by atoms with van der Waals surface area (Å²) in [5, 5.41) is 0. The van der Waals surface area contributed by atoms with Crippen LogP contribution in [0.5, 0.6) is 0 Å². The summed E-state index contributed by atoms with van der Waals surface area (Å²) in [6.07, 6.45) is -5.73. The summed E-state index contributed by atoms with van der Waals surface area (Å²) in [7, 11) is 0. The molecule has 0 spiro atoms. The van der Waals surface area contributed by atoms with E-state index in [1.54, 1.807) is 0 Å². The Morgan fingerprint density at radius 1 is 1.00 bits per heavy atom. The van der Waals surface area contributed by atoms with E-state index < -0.39 is 23.9 Å². The normalized spacial score (nSPS) is 18.8. The number of carbonyl (C=O) groups excluding carboxylic acids is 2. The van der Waals surface area contributed by atoms with E-state index in [-0.39, 0.29) is 32.6 Å². The van der Waals surface area contributed by atoms with Gasteiger partial charge >= 0.3 is 18.0 Å². The van der Waals surface area contributed by atoms with Gasteiger partial charge in [-0.1, -0.05) is 0 Å². The summed E-state index contributed by atoms with van der Waals surface area (Å²) < 4.78 is 62.2. The molecule has 1 rings (SSSR count). The highest BCUT2D eigenvalue weighted by Crippen LogP contribution is 2.37. The molecule has 1 aliphatic heterocycles. The SMILES string of the molecule is NC(=O)CN1CCCN(C(=O)C(F)(F)C(F)(F)F)CC1. The largest absolute Gasteiger partial charge is 0.463 e. The molecule has 116 valence electrons. The van der Waals surface area contributed by atoms with Crippen molar-refractivity contribution in [3.05, 3.63) is 0 Å². The molecule has 1 fully saturated rings. The van der Waals surface area contributed by atoms with Crippen molar-refractivity contribution in [3.63, 3.8) is 0 Å². The van der Waals surface area contributed by atoms with Gasteiger partial charge in [-0.3, -0.25) is 14.5 Å². The lowest BCUT2D eigenvalue weighted by Crippen LogP contribution is -2.53. The number of hydrogen-bond donors (Lipinski definition) is 1. The Kier molecular flexibility index (Phi) is 4.90. The van der Waals surface area contributed by atoms with Gasteiger partial charge in [0, 0.05) is 26.2 Å². The highest BCUT2D eigenvalue weighted by Gasteiger charge is 2.64. The molecule has 2 amide bonds. The van der Waals surface area contributed by atoms with Crippen LogP contribution >= 0.6 is 0 Å². The highest BCUT2D eigenvalue weighted by molar-refractivity contribution is 5.84. The summed E-state index contributed by atoms with van der Waals surface area (Å²) in [6.45, 7) is -0.345. The molecule has 0 aromatic heterocycles. The van der Waals surface area contributed by atoms with Gasteiger partial charge in [0.15, 0.2) is 0 Å². The number of nitrogens with zero attached hydrogens (tertiary/aromatic N) is 2. The van der Waals surface area contributed by atoms with E-state index in [4.69, 9.17) is 5.73 Å². The van der Waals surface area contributed by atoms with Gasteiger partial charge in [-0.15, -0.1) is 0 Å². The van der Waals surface area contributed by atoms with Crippen molar-refractivity contribution < 1.29 is 31.5 Å². The Balaban J connectivity index is 2.70. The quantitative estimate of drug-likeness (QED) is 0.758. The third kappa shape index (κ3) is 3.78. The predicted molar refractivity (Wildman–Crippen MR) is 57.8 cm³/mol.